The third-order valence-corrected chi connectivity index (χ3v) is 3.39. The molecule has 0 aliphatic heterocycles. The van der Waals surface area contributed by atoms with Gasteiger partial charge in [0.25, 0.3) is 0 Å². The monoisotopic (exact) mass is 294 g/mol. The Morgan fingerprint density at radius 3 is 2.63 bits per heavy atom. The van der Waals surface area contributed by atoms with Crippen LogP contribution in [-0.2, 0) is 13.1 Å². The van der Waals surface area contributed by atoms with Gasteiger partial charge in [-0.3, -0.25) is 4.90 Å². The van der Waals surface area contributed by atoms with E-state index in [4.69, 9.17) is 23.2 Å². The van der Waals surface area contributed by atoms with Gasteiger partial charge in [0.15, 0.2) is 0 Å². The van der Waals surface area contributed by atoms with Crippen LogP contribution in [-0.4, -0.2) is 16.9 Å². The van der Waals surface area contributed by atoms with Crippen LogP contribution in [0.3, 0.4) is 0 Å². The van der Waals surface area contributed by atoms with Crippen LogP contribution >= 0.6 is 23.2 Å². The Balaban J connectivity index is 2.05. The topological polar surface area (TPSA) is 16.1 Å². The number of nitrogens with zero attached hydrogens (tertiary/aromatic N) is 2. The highest BCUT2D eigenvalue weighted by atomic mass is 35.5. The Morgan fingerprint density at radius 2 is 1.89 bits per heavy atom. The lowest BCUT2D eigenvalue weighted by Gasteiger charge is -2.17. The molecule has 1 heterocycles. The summed E-state index contributed by atoms with van der Waals surface area (Å²) < 4.78 is 0. The molecule has 100 valence electrons. The third-order valence-electron chi connectivity index (χ3n) is 2.84. The zero-order valence-corrected chi connectivity index (χ0v) is 12.5. The average Bonchev–Trinajstić information content (AvgIpc) is 2.34. The van der Waals surface area contributed by atoms with E-state index >= 15 is 0 Å². The van der Waals surface area contributed by atoms with Gasteiger partial charge in [0.05, 0.1) is 10.7 Å². The number of aromatic nitrogens is 1. The molecule has 2 aromatic rings. The maximum Gasteiger partial charge on any atom is 0.129 e. The first-order chi connectivity index (χ1) is 9.04. The van der Waals surface area contributed by atoms with Crippen molar-refractivity contribution in [1.29, 1.82) is 0 Å². The molecule has 0 atom stereocenters. The molecule has 19 heavy (non-hydrogen) atoms. The molecule has 4 heteroatoms. The zero-order chi connectivity index (χ0) is 13.8. The first kappa shape index (κ1) is 14.3. The van der Waals surface area contributed by atoms with Crippen molar-refractivity contribution in [2.75, 3.05) is 7.05 Å². The number of halogens is 2. The number of rotatable bonds is 4. The first-order valence-electron chi connectivity index (χ1n) is 6.09. The van der Waals surface area contributed by atoms with Crippen molar-refractivity contribution in [1.82, 2.24) is 9.88 Å². The molecule has 0 amide bonds. The van der Waals surface area contributed by atoms with Gasteiger partial charge in [-0.1, -0.05) is 53.0 Å². The van der Waals surface area contributed by atoms with E-state index in [0.29, 0.717) is 16.7 Å². The molecular weight excluding hydrogens is 279 g/mol. The van der Waals surface area contributed by atoms with E-state index in [-0.39, 0.29) is 0 Å². The summed E-state index contributed by atoms with van der Waals surface area (Å²) in [4.78, 5) is 6.43. The second-order valence-corrected chi connectivity index (χ2v) is 5.52. The van der Waals surface area contributed by atoms with Gasteiger partial charge >= 0.3 is 0 Å². The van der Waals surface area contributed by atoms with Gasteiger partial charge in [0.1, 0.15) is 5.15 Å². The molecule has 2 rings (SSSR count). The van der Waals surface area contributed by atoms with Crippen LogP contribution in [0.2, 0.25) is 10.2 Å². The second-order valence-electron chi connectivity index (χ2n) is 4.72. The molecule has 0 N–H and O–H groups in total. The second kappa shape index (κ2) is 6.38. The molecule has 0 unspecified atom stereocenters. The van der Waals surface area contributed by atoms with Gasteiger partial charge in [0, 0.05) is 13.1 Å². The summed E-state index contributed by atoms with van der Waals surface area (Å²) in [7, 11) is 2.04. The van der Waals surface area contributed by atoms with E-state index in [0.717, 1.165) is 12.2 Å². The van der Waals surface area contributed by atoms with Crippen LogP contribution in [0.1, 0.15) is 16.8 Å². The minimum absolute atomic E-state index is 0.475. The molecular formula is C15H16Cl2N2. The molecule has 0 aliphatic carbocycles. The quantitative estimate of drug-likeness (QED) is 0.780. The highest BCUT2D eigenvalue weighted by Gasteiger charge is 2.07. The van der Waals surface area contributed by atoms with Gasteiger partial charge in [-0.2, -0.15) is 0 Å². The van der Waals surface area contributed by atoms with E-state index in [9.17, 15) is 0 Å². The van der Waals surface area contributed by atoms with Gasteiger partial charge < -0.3 is 0 Å². The van der Waals surface area contributed by atoms with Crippen molar-refractivity contribution >= 4 is 23.2 Å². The third kappa shape index (κ3) is 4.20. The Hall–Kier alpha value is -1.09. The summed E-state index contributed by atoms with van der Waals surface area (Å²) in [6.07, 6.45) is 0. The van der Waals surface area contributed by atoms with Crippen LogP contribution in [0.25, 0.3) is 0 Å². The van der Waals surface area contributed by atoms with E-state index in [2.05, 4.69) is 41.1 Å². The summed E-state index contributed by atoms with van der Waals surface area (Å²) in [6.45, 7) is 3.62. The normalized spacial score (nSPS) is 11.0. The number of pyridine rings is 1. The largest absolute Gasteiger partial charge is 0.296 e. The smallest absolute Gasteiger partial charge is 0.129 e. The predicted octanol–water partition coefficient (Wildman–Crippen LogP) is 4.33. The summed E-state index contributed by atoms with van der Waals surface area (Å²) >= 11 is 12.0. The highest BCUT2D eigenvalue weighted by Crippen LogP contribution is 2.19. The molecule has 0 radical (unpaired) electrons. The Labute approximate surface area is 124 Å². The fraction of sp³-hybridized carbons (Fsp3) is 0.267. The minimum Gasteiger partial charge on any atom is -0.296 e. The molecule has 2 nitrogen and oxygen atoms in total. The Kier molecular flexibility index (Phi) is 4.81. The minimum atomic E-state index is 0.475. The molecule has 0 bridgehead atoms. The SMILES string of the molecule is Cc1cccc(CN(C)Cc2nc(Cl)ccc2Cl)c1. The van der Waals surface area contributed by atoms with Crippen LogP contribution in [0, 0.1) is 6.92 Å². The Morgan fingerprint density at radius 1 is 1.11 bits per heavy atom. The number of hydrogen-bond acceptors (Lipinski definition) is 2. The molecule has 0 aliphatic rings. The van der Waals surface area contributed by atoms with Gasteiger partial charge in [-0.15, -0.1) is 0 Å². The van der Waals surface area contributed by atoms with Crippen LogP contribution in [0.5, 0.6) is 0 Å². The van der Waals surface area contributed by atoms with Crippen molar-refractivity contribution in [3.63, 3.8) is 0 Å². The van der Waals surface area contributed by atoms with E-state index in [1.807, 2.05) is 7.05 Å². The Bertz CT molecular complexity index is 570. The summed E-state index contributed by atoms with van der Waals surface area (Å²) in [5.41, 5.74) is 3.36. The lowest BCUT2D eigenvalue weighted by molar-refractivity contribution is 0.315. The number of aryl methyl sites for hydroxylation is 1. The summed E-state index contributed by atoms with van der Waals surface area (Å²) in [5, 5.41) is 1.13. The lowest BCUT2D eigenvalue weighted by atomic mass is 10.1. The standard InChI is InChI=1S/C15H16Cl2N2/c1-11-4-3-5-12(8-11)9-19(2)10-14-13(16)6-7-15(17)18-14/h3-8H,9-10H2,1-2H3. The fourth-order valence-electron chi connectivity index (χ4n) is 2.00. The van der Waals surface area contributed by atoms with Crippen LogP contribution < -0.4 is 0 Å². The lowest BCUT2D eigenvalue weighted by Crippen LogP contribution is -2.18. The fourth-order valence-corrected chi connectivity index (χ4v) is 2.33. The van der Waals surface area contributed by atoms with Crippen molar-refractivity contribution in [2.24, 2.45) is 0 Å². The van der Waals surface area contributed by atoms with Crippen LogP contribution in [0.4, 0.5) is 0 Å². The van der Waals surface area contributed by atoms with Crippen molar-refractivity contribution in [2.45, 2.75) is 20.0 Å². The summed E-state index contributed by atoms with van der Waals surface area (Å²) in [6, 6.07) is 12.0. The van der Waals surface area contributed by atoms with Crippen molar-refractivity contribution in [3.05, 3.63) is 63.4 Å². The van der Waals surface area contributed by atoms with Gasteiger partial charge in [-0.05, 0) is 31.7 Å². The van der Waals surface area contributed by atoms with E-state index < -0.39 is 0 Å². The number of benzene rings is 1. The molecule has 0 fully saturated rings. The molecule has 0 spiro atoms. The van der Waals surface area contributed by atoms with Crippen LogP contribution in [0.15, 0.2) is 36.4 Å². The number of hydrogen-bond donors (Lipinski definition) is 0. The average molecular weight is 295 g/mol. The van der Waals surface area contributed by atoms with Crippen molar-refractivity contribution in [3.8, 4) is 0 Å². The molecule has 1 aromatic heterocycles. The van der Waals surface area contributed by atoms with Crippen molar-refractivity contribution < 1.29 is 0 Å². The molecule has 0 saturated heterocycles. The molecule has 0 saturated carbocycles. The highest BCUT2D eigenvalue weighted by molar-refractivity contribution is 6.32. The van der Waals surface area contributed by atoms with Gasteiger partial charge in [-0.25, -0.2) is 4.98 Å². The zero-order valence-electron chi connectivity index (χ0n) is 11.0. The summed E-state index contributed by atoms with van der Waals surface area (Å²) in [5.74, 6) is 0. The van der Waals surface area contributed by atoms with Gasteiger partial charge in [0.2, 0.25) is 0 Å². The maximum absolute atomic E-state index is 6.12. The van der Waals surface area contributed by atoms with E-state index in [1.54, 1.807) is 12.1 Å². The first-order valence-corrected chi connectivity index (χ1v) is 6.85. The maximum atomic E-state index is 6.12. The predicted molar refractivity (Wildman–Crippen MR) is 80.6 cm³/mol. The van der Waals surface area contributed by atoms with E-state index in [1.165, 1.54) is 11.1 Å². The molecule has 1 aromatic carbocycles.